The molecule has 0 aliphatic rings. The molecule has 0 amide bonds. The highest BCUT2D eigenvalue weighted by Crippen LogP contribution is 2.18. The molecule has 8 heteroatoms. The lowest BCUT2D eigenvalue weighted by Crippen LogP contribution is -2.22. The predicted molar refractivity (Wildman–Crippen MR) is 118 cm³/mol. The van der Waals surface area contributed by atoms with Gasteiger partial charge in [0.15, 0.2) is 6.61 Å². The quantitative estimate of drug-likeness (QED) is 0.355. The van der Waals surface area contributed by atoms with Crippen LogP contribution in [0.2, 0.25) is 0 Å². The van der Waals surface area contributed by atoms with Crippen LogP contribution < -0.4 is 15.7 Å². The zero-order valence-electron chi connectivity index (χ0n) is 16.3. The molecule has 8 nitrogen and oxygen atoms in total. The van der Waals surface area contributed by atoms with Crippen molar-refractivity contribution in [1.82, 2.24) is 9.55 Å². The number of hydrazone groups is 1. The highest BCUT2D eigenvalue weighted by molar-refractivity contribution is 5.84. The molecule has 0 spiro atoms. The van der Waals surface area contributed by atoms with Crippen LogP contribution >= 0.6 is 0 Å². The molecule has 0 bridgehead atoms. The normalized spacial score (nSPS) is 11.0. The van der Waals surface area contributed by atoms with E-state index < -0.39 is 12.6 Å². The van der Waals surface area contributed by atoms with Gasteiger partial charge in [-0.25, -0.2) is 19.8 Å². The summed E-state index contributed by atoms with van der Waals surface area (Å²) >= 11 is 0. The number of hydrogen-bond donors (Lipinski definition) is 2. The molecule has 1 heterocycles. The van der Waals surface area contributed by atoms with E-state index in [1.165, 1.54) is 10.8 Å². The van der Waals surface area contributed by atoms with E-state index in [0.29, 0.717) is 27.9 Å². The van der Waals surface area contributed by atoms with Crippen LogP contribution in [0.4, 0.5) is 5.95 Å². The van der Waals surface area contributed by atoms with Gasteiger partial charge in [-0.3, -0.25) is 4.79 Å². The molecule has 0 radical (unpaired) electrons. The van der Waals surface area contributed by atoms with E-state index in [4.69, 9.17) is 9.84 Å². The first-order valence-electron chi connectivity index (χ1n) is 9.43. The minimum atomic E-state index is -1.07. The third-order valence-electron chi connectivity index (χ3n) is 4.43. The maximum atomic E-state index is 13.1. The second-order valence-corrected chi connectivity index (χ2v) is 6.52. The van der Waals surface area contributed by atoms with Gasteiger partial charge < -0.3 is 9.84 Å². The molecule has 0 saturated heterocycles. The Morgan fingerprint density at radius 2 is 1.74 bits per heavy atom. The Bertz CT molecular complexity index is 1320. The lowest BCUT2D eigenvalue weighted by atomic mass is 10.2. The van der Waals surface area contributed by atoms with Gasteiger partial charge in [-0.1, -0.05) is 42.5 Å². The highest BCUT2D eigenvalue weighted by Gasteiger charge is 2.12. The molecular weight excluding hydrogens is 396 g/mol. The van der Waals surface area contributed by atoms with Crippen molar-refractivity contribution < 1.29 is 14.6 Å². The maximum absolute atomic E-state index is 13.1. The van der Waals surface area contributed by atoms with E-state index in [0.717, 1.165) is 0 Å². The maximum Gasteiger partial charge on any atom is 0.341 e. The van der Waals surface area contributed by atoms with Crippen molar-refractivity contribution in [1.29, 1.82) is 0 Å². The number of hydrogen-bond acceptors (Lipinski definition) is 6. The van der Waals surface area contributed by atoms with Crippen molar-refractivity contribution in [2.45, 2.75) is 0 Å². The summed E-state index contributed by atoms with van der Waals surface area (Å²) in [4.78, 5) is 28.5. The number of nitrogens with zero attached hydrogens (tertiary/aromatic N) is 3. The van der Waals surface area contributed by atoms with E-state index in [1.54, 1.807) is 42.5 Å². The van der Waals surface area contributed by atoms with Crippen molar-refractivity contribution in [2.24, 2.45) is 5.10 Å². The second kappa shape index (κ2) is 8.91. The summed E-state index contributed by atoms with van der Waals surface area (Å²) in [6, 6.07) is 23.1. The standard InChI is InChI=1S/C23H18N4O4/c28-21(29)15-31-20-13-7-4-8-16(20)14-24-26-23-25-19-12-6-5-11-18(19)22(30)27(23)17-9-2-1-3-10-17/h1-14H,15H2,(H,25,26)(H,28,29)/b24-14-. The van der Waals surface area contributed by atoms with Gasteiger partial charge in [0.1, 0.15) is 5.75 Å². The first kappa shape index (κ1) is 19.8. The van der Waals surface area contributed by atoms with Crippen LogP contribution in [0.1, 0.15) is 5.56 Å². The molecule has 0 unspecified atom stereocenters. The lowest BCUT2D eigenvalue weighted by Gasteiger charge is -2.12. The summed E-state index contributed by atoms with van der Waals surface area (Å²) in [7, 11) is 0. The third-order valence-corrected chi connectivity index (χ3v) is 4.43. The fourth-order valence-electron chi connectivity index (χ4n) is 3.04. The Kier molecular flexibility index (Phi) is 5.70. The van der Waals surface area contributed by atoms with Gasteiger partial charge in [0.25, 0.3) is 5.56 Å². The van der Waals surface area contributed by atoms with Gasteiger partial charge in [-0.05, 0) is 36.4 Å². The Morgan fingerprint density at radius 1 is 1.03 bits per heavy atom. The zero-order valence-corrected chi connectivity index (χ0v) is 16.3. The van der Waals surface area contributed by atoms with Crippen molar-refractivity contribution in [3.63, 3.8) is 0 Å². The number of nitrogens with one attached hydrogen (secondary N) is 1. The number of anilines is 1. The van der Waals surface area contributed by atoms with Crippen molar-refractivity contribution in [2.75, 3.05) is 12.0 Å². The molecule has 0 atom stereocenters. The number of fused-ring (bicyclic) bond motifs is 1. The first-order valence-corrected chi connectivity index (χ1v) is 9.43. The van der Waals surface area contributed by atoms with E-state index in [1.807, 2.05) is 36.4 Å². The van der Waals surface area contributed by atoms with Gasteiger partial charge in [0.05, 0.1) is 22.8 Å². The SMILES string of the molecule is O=C(O)COc1ccccc1/C=N\Nc1nc2ccccc2c(=O)n1-c1ccccc1. The number of aromatic nitrogens is 2. The van der Waals surface area contributed by atoms with Crippen molar-refractivity contribution in [3.8, 4) is 11.4 Å². The van der Waals surface area contributed by atoms with Crippen LogP contribution in [0.3, 0.4) is 0 Å². The fraction of sp³-hybridized carbons (Fsp3) is 0.0435. The molecule has 4 aromatic rings. The Hall–Kier alpha value is -4.46. The van der Waals surface area contributed by atoms with Gasteiger partial charge >= 0.3 is 5.97 Å². The van der Waals surface area contributed by atoms with E-state index in [-0.39, 0.29) is 11.5 Å². The summed E-state index contributed by atoms with van der Waals surface area (Å²) in [5.41, 5.74) is 4.38. The average Bonchev–Trinajstić information content (AvgIpc) is 2.79. The topological polar surface area (TPSA) is 106 Å². The molecule has 154 valence electrons. The average molecular weight is 414 g/mol. The smallest absolute Gasteiger partial charge is 0.341 e. The van der Waals surface area contributed by atoms with Crippen LogP contribution in [-0.4, -0.2) is 33.4 Å². The van der Waals surface area contributed by atoms with Gasteiger partial charge in [-0.2, -0.15) is 5.10 Å². The Labute approximate surface area is 177 Å². The number of benzene rings is 3. The van der Waals surface area contributed by atoms with Gasteiger partial charge in [-0.15, -0.1) is 0 Å². The molecule has 1 aromatic heterocycles. The van der Waals surface area contributed by atoms with Crippen LogP contribution in [0.15, 0.2) is 88.8 Å². The lowest BCUT2D eigenvalue weighted by molar-refractivity contribution is -0.139. The van der Waals surface area contributed by atoms with E-state index in [9.17, 15) is 9.59 Å². The Morgan fingerprint density at radius 3 is 2.55 bits per heavy atom. The molecular formula is C23H18N4O4. The summed E-state index contributed by atoms with van der Waals surface area (Å²) < 4.78 is 6.73. The molecule has 0 aliphatic heterocycles. The number of aliphatic carboxylic acids is 1. The van der Waals surface area contributed by atoms with Crippen LogP contribution in [0.5, 0.6) is 5.75 Å². The number of ether oxygens (including phenoxy) is 1. The molecule has 0 saturated carbocycles. The number of para-hydroxylation sites is 3. The Balaban J connectivity index is 1.71. The summed E-state index contributed by atoms with van der Waals surface area (Å²) in [5.74, 6) is -0.449. The number of carbonyl (C=O) groups is 1. The molecule has 4 rings (SSSR count). The molecule has 0 fully saturated rings. The monoisotopic (exact) mass is 414 g/mol. The highest BCUT2D eigenvalue weighted by atomic mass is 16.5. The van der Waals surface area contributed by atoms with Crippen LogP contribution in [-0.2, 0) is 4.79 Å². The molecule has 2 N–H and O–H groups in total. The summed E-state index contributed by atoms with van der Waals surface area (Å²) in [6.07, 6.45) is 1.48. The number of carboxylic acid groups (broad SMARTS) is 1. The van der Waals surface area contributed by atoms with Crippen molar-refractivity contribution >= 4 is 29.0 Å². The second-order valence-electron chi connectivity index (χ2n) is 6.52. The van der Waals surface area contributed by atoms with Crippen LogP contribution in [0.25, 0.3) is 16.6 Å². The fourth-order valence-corrected chi connectivity index (χ4v) is 3.04. The van der Waals surface area contributed by atoms with E-state index in [2.05, 4.69) is 15.5 Å². The minimum Gasteiger partial charge on any atom is -0.481 e. The predicted octanol–water partition coefficient (Wildman–Crippen LogP) is 3.30. The minimum absolute atomic E-state index is 0.223. The van der Waals surface area contributed by atoms with Gasteiger partial charge in [0.2, 0.25) is 5.95 Å². The van der Waals surface area contributed by atoms with Gasteiger partial charge in [0, 0.05) is 5.56 Å². The summed E-state index contributed by atoms with van der Waals surface area (Å²) in [6.45, 7) is -0.460. The first-order chi connectivity index (χ1) is 15.1. The molecule has 31 heavy (non-hydrogen) atoms. The van der Waals surface area contributed by atoms with Crippen molar-refractivity contribution in [3.05, 3.63) is 94.8 Å². The van der Waals surface area contributed by atoms with Crippen LogP contribution in [0, 0.1) is 0 Å². The largest absolute Gasteiger partial charge is 0.481 e. The number of rotatable bonds is 7. The molecule has 3 aromatic carbocycles. The number of carboxylic acids is 1. The summed E-state index contributed by atoms with van der Waals surface area (Å²) in [5, 5.41) is 13.5. The zero-order chi connectivity index (χ0) is 21.6. The third kappa shape index (κ3) is 4.43. The van der Waals surface area contributed by atoms with E-state index >= 15 is 0 Å². The molecule has 0 aliphatic carbocycles.